The number of benzene rings is 1. The molecule has 0 bridgehead atoms. The van der Waals surface area contributed by atoms with Crippen LogP contribution in [0.4, 0.5) is 5.69 Å². The fourth-order valence-corrected chi connectivity index (χ4v) is 4.48. The summed E-state index contributed by atoms with van der Waals surface area (Å²) in [5, 5.41) is 0.366. The van der Waals surface area contributed by atoms with Crippen molar-refractivity contribution in [3.63, 3.8) is 0 Å². The van der Waals surface area contributed by atoms with Crippen molar-refractivity contribution in [1.82, 2.24) is 4.72 Å². The van der Waals surface area contributed by atoms with E-state index < -0.39 is 10.0 Å². The Hall–Kier alpha value is -0.780. The highest BCUT2D eigenvalue weighted by Gasteiger charge is 2.21. The van der Waals surface area contributed by atoms with Crippen LogP contribution in [0.1, 0.15) is 39.0 Å². The Labute approximate surface area is 132 Å². The van der Waals surface area contributed by atoms with Crippen LogP contribution < -0.4 is 10.5 Å². The Bertz CT molecular complexity index is 589. The summed E-state index contributed by atoms with van der Waals surface area (Å²) < 4.78 is 27.2. The first-order chi connectivity index (χ1) is 9.88. The average molecular weight is 331 g/mol. The van der Waals surface area contributed by atoms with Crippen LogP contribution in [0.3, 0.4) is 0 Å². The molecule has 2 atom stereocenters. The maximum absolute atomic E-state index is 12.3. The van der Waals surface area contributed by atoms with E-state index in [0.29, 0.717) is 17.5 Å². The number of nitrogens with one attached hydrogen (secondary N) is 1. The fourth-order valence-electron chi connectivity index (χ4n) is 3.04. The number of rotatable bonds is 5. The van der Waals surface area contributed by atoms with Gasteiger partial charge in [0.05, 0.1) is 5.69 Å². The van der Waals surface area contributed by atoms with Gasteiger partial charge in [-0.1, -0.05) is 37.8 Å². The second kappa shape index (κ2) is 6.99. The maximum atomic E-state index is 12.3. The Morgan fingerprint density at radius 1 is 1.38 bits per heavy atom. The molecule has 21 heavy (non-hydrogen) atoms. The minimum Gasteiger partial charge on any atom is -0.398 e. The summed E-state index contributed by atoms with van der Waals surface area (Å²) in [7, 11) is -3.59. The molecule has 1 saturated carbocycles. The zero-order valence-electron chi connectivity index (χ0n) is 12.3. The molecule has 1 aromatic rings. The van der Waals surface area contributed by atoms with Crippen molar-refractivity contribution in [2.75, 3.05) is 12.3 Å². The van der Waals surface area contributed by atoms with Crippen molar-refractivity contribution in [2.45, 2.75) is 43.9 Å². The van der Waals surface area contributed by atoms with Crippen LogP contribution >= 0.6 is 11.6 Å². The smallest absolute Gasteiger partial charge is 0.242 e. The second-order valence-electron chi connectivity index (χ2n) is 6.01. The van der Waals surface area contributed by atoms with Gasteiger partial charge in [0.15, 0.2) is 0 Å². The molecule has 0 aromatic heterocycles. The minimum atomic E-state index is -3.59. The van der Waals surface area contributed by atoms with E-state index in [9.17, 15) is 8.42 Å². The highest BCUT2D eigenvalue weighted by Crippen LogP contribution is 2.30. The maximum Gasteiger partial charge on any atom is 0.242 e. The van der Waals surface area contributed by atoms with E-state index in [1.807, 2.05) is 0 Å². The molecule has 3 N–H and O–H groups in total. The Morgan fingerprint density at radius 2 is 2.14 bits per heavy atom. The number of hydrogen-bond acceptors (Lipinski definition) is 3. The van der Waals surface area contributed by atoms with Gasteiger partial charge in [0.25, 0.3) is 0 Å². The summed E-state index contributed by atoms with van der Waals surface area (Å²) in [6.45, 7) is 2.72. The molecule has 0 spiro atoms. The summed E-state index contributed by atoms with van der Waals surface area (Å²) >= 11 is 5.85. The van der Waals surface area contributed by atoms with Crippen LogP contribution in [0, 0.1) is 11.8 Å². The molecule has 1 aromatic carbocycles. The first-order valence-corrected chi connectivity index (χ1v) is 9.29. The molecule has 118 valence electrons. The summed E-state index contributed by atoms with van der Waals surface area (Å²) in [6, 6.07) is 4.49. The average Bonchev–Trinajstić information content (AvgIpc) is 2.41. The monoisotopic (exact) mass is 330 g/mol. The molecule has 4 nitrogen and oxygen atoms in total. The highest BCUT2D eigenvalue weighted by atomic mass is 35.5. The first kappa shape index (κ1) is 16.6. The molecule has 0 saturated heterocycles. The molecule has 1 fully saturated rings. The van der Waals surface area contributed by atoms with E-state index in [1.54, 1.807) is 6.07 Å². The Kier molecular flexibility index (Phi) is 5.52. The minimum absolute atomic E-state index is 0.0620. The van der Waals surface area contributed by atoms with Gasteiger partial charge in [0.2, 0.25) is 10.0 Å². The molecule has 2 rings (SSSR count). The molecule has 1 aliphatic rings. The van der Waals surface area contributed by atoms with E-state index in [2.05, 4.69) is 11.6 Å². The van der Waals surface area contributed by atoms with Crippen molar-refractivity contribution in [1.29, 1.82) is 0 Å². The van der Waals surface area contributed by atoms with E-state index in [1.165, 1.54) is 37.8 Å². The lowest BCUT2D eigenvalue weighted by molar-refractivity contribution is 0.271. The zero-order chi connectivity index (χ0) is 15.5. The van der Waals surface area contributed by atoms with E-state index in [0.717, 1.165) is 12.3 Å². The van der Waals surface area contributed by atoms with Crippen molar-refractivity contribution in [3.8, 4) is 0 Å². The number of hydrogen-bond donors (Lipinski definition) is 2. The quantitative estimate of drug-likeness (QED) is 0.812. The van der Waals surface area contributed by atoms with E-state index >= 15 is 0 Å². The van der Waals surface area contributed by atoms with Gasteiger partial charge in [0.1, 0.15) is 4.90 Å². The number of sulfonamides is 1. The summed E-state index contributed by atoms with van der Waals surface area (Å²) in [5.74, 6) is 1.37. The summed E-state index contributed by atoms with van der Waals surface area (Å²) in [6.07, 6.45) is 5.82. The third kappa shape index (κ3) is 4.59. The largest absolute Gasteiger partial charge is 0.398 e. The van der Waals surface area contributed by atoms with Gasteiger partial charge in [-0.25, -0.2) is 13.1 Å². The molecule has 0 amide bonds. The van der Waals surface area contributed by atoms with Crippen LogP contribution in [-0.2, 0) is 10.0 Å². The van der Waals surface area contributed by atoms with Gasteiger partial charge < -0.3 is 5.73 Å². The Morgan fingerprint density at radius 3 is 2.86 bits per heavy atom. The molecule has 0 radical (unpaired) electrons. The van der Waals surface area contributed by atoms with Crippen molar-refractivity contribution >= 4 is 27.3 Å². The van der Waals surface area contributed by atoms with Crippen molar-refractivity contribution in [2.24, 2.45) is 11.8 Å². The van der Waals surface area contributed by atoms with Crippen molar-refractivity contribution in [3.05, 3.63) is 23.2 Å². The van der Waals surface area contributed by atoms with Crippen LogP contribution in [0.5, 0.6) is 0 Å². The van der Waals surface area contributed by atoms with Crippen LogP contribution in [0.15, 0.2) is 23.1 Å². The highest BCUT2D eigenvalue weighted by molar-refractivity contribution is 7.89. The van der Waals surface area contributed by atoms with Crippen LogP contribution in [0.2, 0.25) is 5.02 Å². The topological polar surface area (TPSA) is 72.2 Å². The van der Waals surface area contributed by atoms with Crippen LogP contribution in [-0.4, -0.2) is 15.0 Å². The molecule has 0 heterocycles. The number of halogens is 1. The second-order valence-corrected chi connectivity index (χ2v) is 8.18. The lowest BCUT2D eigenvalue weighted by Crippen LogP contribution is -2.28. The van der Waals surface area contributed by atoms with E-state index in [-0.39, 0.29) is 10.6 Å². The number of nitrogen functional groups attached to an aromatic ring is 1. The van der Waals surface area contributed by atoms with Crippen molar-refractivity contribution < 1.29 is 8.42 Å². The standard InChI is InChI=1S/C15H23ClN2O2S/c1-11-3-2-4-12(9-11)7-8-18-21(19,20)15-10-13(16)5-6-14(15)17/h5-6,10-12,18H,2-4,7-9,17H2,1H3. The zero-order valence-corrected chi connectivity index (χ0v) is 13.9. The summed E-state index contributed by atoms with van der Waals surface area (Å²) in [5.41, 5.74) is 5.95. The number of anilines is 1. The van der Waals surface area contributed by atoms with E-state index in [4.69, 9.17) is 17.3 Å². The van der Waals surface area contributed by atoms with Gasteiger partial charge in [-0.05, 0) is 42.9 Å². The third-order valence-electron chi connectivity index (χ3n) is 4.15. The predicted octanol–water partition coefficient (Wildman–Crippen LogP) is 3.42. The first-order valence-electron chi connectivity index (χ1n) is 7.43. The van der Waals surface area contributed by atoms with Gasteiger partial charge in [-0.15, -0.1) is 0 Å². The fraction of sp³-hybridized carbons (Fsp3) is 0.600. The molecule has 6 heteroatoms. The normalized spacial score (nSPS) is 23.1. The lowest BCUT2D eigenvalue weighted by Gasteiger charge is -2.26. The summed E-state index contributed by atoms with van der Waals surface area (Å²) in [4.78, 5) is 0.0620. The molecule has 1 aliphatic carbocycles. The van der Waals surface area contributed by atoms with Gasteiger partial charge in [-0.2, -0.15) is 0 Å². The van der Waals surface area contributed by atoms with Gasteiger partial charge in [-0.3, -0.25) is 0 Å². The molecular weight excluding hydrogens is 308 g/mol. The lowest BCUT2D eigenvalue weighted by atomic mass is 9.81. The predicted molar refractivity (Wildman–Crippen MR) is 86.8 cm³/mol. The third-order valence-corrected chi connectivity index (χ3v) is 5.91. The van der Waals surface area contributed by atoms with Gasteiger partial charge in [0, 0.05) is 11.6 Å². The number of nitrogens with two attached hydrogens (primary N) is 1. The molecular formula is C15H23ClN2O2S. The molecule has 0 aliphatic heterocycles. The SMILES string of the molecule is CC1CCCC(CCNS(=O)(=O)c2cc(Cl)ccc2N)C1. The van der Waals surface area contributed by atoms with Crippen LogP contribution in [0.25, 0.3) is 0 Å². The Balaban J connectivity index is 1.93. The molecule has 2 unspecified atom stereocenters. The van der Waals surface area contributed by atoms with Gasteiger partial charge >= 0.3 is 0 Å².